The van der Waals surface area contributed by atoms with E-state index in [4.69, 9.17) is 9.47 Å². The number of aliphatic hydroxyl groups excluding tert-OH is 2. The third-order valence-electron chi connectivity index (χ3n) is 5.40. The minimum absolute atomic E-state index is 0.0673. The fourth-order valence-corrected chi connectivity index (χ4v) is 3.20. The summed E-state index contributed by atoms with van der Waals surface area (Å²) in [4.78, 5) is 37.0. The summed E-state index contributed by atoms with van der Waals surface area (Å²) in [5.41, 5.74) is -1.83. The van der Waals surface area contributed by atoms with Gasteiger partial charge in [0.15, 0.2) is 5.78 Å². The Labute approximate surface area is 163 Å². The van der Waals surface area contributed by atoms with E-state index in [0.29, 0.717) is 5.57 Å². The Kier molecular flexibility index (Phi) is 6.27. The van der Waals surface area contributed by atoms with Gasteiger partial charge in [0.05, 0.1) is 12.0 Å². The van der Waals surface area contributed by atoms with Crippen LogP contribution in [-0.4, -0.2) is 63.1 Å². The average molecular weight is 394 g/mol. The first-order chi connectivity index (χ1) is 12.9. The van der Waals surface area contributed by atoms with Crippen LogP contribution in [0, 0.1) is 5.92 Å². The van der Waals surface area contributed by atoms with E-state index in [-0.39, 0.29) is 11.1 Å². The average Bonchev–Trinajstić information content (AvgIpc) is 2.90. The molecule has 154 valence electrons. The molecule has 3 N–H and O–H groups in total. The van der Waals surface area contributed by atoms with Crippen LogP contribution in [0.5, 0.6) is 0 Å². The molecule has 6 atom stereocenters. The summed E-state index contributed by atoms with van der Waals surface area (Å²) < 4.78 is 10.7. The van der Waals surface area contributed by atoms with Crippen molar-refractivity contribution < 1.29 is 39.2 Å². The van der Waals surface area contributed by atoms with Gasteiger partial charge in [0.1, 0.15) is 23.9 Å². The monoisotopic (exact) mass is 394 g/mol. The van der Waals surface area contributed by atoms with Gasteiger partial charge in [0, 0.05) is 17.6 Å². The third-order valence-corrected chi connectivity index (χ3v) is 5.40. The lowest BCUT2D eigenvalue weighted by Gasteiger charge is -2.37. The van der Waals surface area contributed by atoms with Crippen LogP contribution >= 0.6 is 0 Å². The van der Waals surface area contributed by atoms with E-state index in [2.05, 4.69) is 6.58 Å². The van der Waals surface area contributed by atoms with Crippen molar-refractivity contribution in [3.8, 4) is 0 Å². The molecule has 1 saturated heterocycles. The number of esters is 2. The van der Waals surface area contributed by atoms with Crippen LogP contribution in [0.15, 0.2) is 35.5 Å². The second-order valence-electron chi connectivity index (χ2n) is 7.41. The lowest BCUT2D eigenvalue weighted by atomic mass is 9.77. The van der Waals surface area contributed by atoms with Crippen molar-refractivity contribution in [2.24, 2.45) is 5.92 Å². The number of hydrogen-bond donors (Lipinski definition) is 3. The van der Waals surface area contributed by atoms with Gasteiger partial charge in [0.2, 0.25) is 0 Å². The molecule has 0 spiro atoms. The smallest absolute Gasteiger partial charge is 0.334 e. The molecule has 1 fully saturated rings. The van der Waals surface area contributed by atoms with Crippen LogP contribution in [0.4, 0.5) is 0 Å². The maximum absolute atomic E-state index is 12.5. The second-order valence-corrected chi connectivity index (χ2v) is 7.41. The van der Waals surface area contributed by atoms with Gasteiger partial charge in [-0.05, 0) is 39.3 Å². The van der Waals surface area contributed by atoms with Crippen LogP contribution in [0.25, 0.3) is 0 Å². The summed E-state index contributed by atoms with van der Waals surface area (Å²) in [7, 11) is 0. The van der Waals surface area contributed by atoms with Gasteiger partial charge >= 0.3 is 11.9 Å². The summed E-state index contributed by atoms with van der Waals surface area (Å²) >= 11 is 0. The number of rotatable bonds is 2. The van der Waals surface area contributed by atoms with E-state index < -0.39 is 60.1 Å². The molecule has 2 aliphatic rings. The molecule has 8 heteroatoms. The maximum atomic E-state index is 12.5. The highest BCUT2D eigenvalue weighted by molar-refractivity contribution is 5.92. The van der Waals surface area contributed by atoms with Crippen LogP contribution in [-0.2, 0) is 23.9 Å². The van der Waals surface area contributed by atoms with Crippen molar-refractivity contribution in [3.05, 3.63) is 35.5 Å². The molecule has 28 heavy (non-hydrogen) atoms. The molecule has 2 rings (SSSR count). The summed E-state index contributed by atoms with van der Waals surface area (Å²) in [6.07, 6.45) is -3.11. The summed E-state index contributed by atoms with van der Waals surface area (Å²) in [6.45, 7) is 9.41. The molecule has 8 nitrogen and oxygen atoms in total. The minimum Gasteiger partial charge on any atom is -0.455 e. The van der Waals surface area contributed by atoms with E-state index in [0.717, 1.165) is 6.92 Å². The summed E-state index contributed by atoms with van der Waals surface area (Å²) in [6, 6.07) is 0. The highest BCUT2D eigenvalue weighted by Crippen LogP contribution is 2.38. The molecule has 1 aliphatic carbocycles. The van der Waals surface area contributed by atoms with Crippen molar-refractivity contribution in [2.75, 3.05) is 0 Å². The van der Waals surface area contributed by atoms with Crippen molar-refractivity contribution in [1.29, 1.82) is 0 Å². The topological polar surface area (TPSA) is 130 Å². The van der Waals surface area contributed by atoms with Gasteiger partial charge in [-0.3, -0.25) is 4.79 Å². The predicted octanol–water partition coefficient (Wildman–Crippen LogP) is 0.354. The number of allylic oxidation sites excluding steroid dienone is 1. The van der Waals surface area contributed by atoms with E-state index in [1.165, 1.54) is 19.1 Å². The normalized spacial score (nSPS) is 37.1. The van der Waals surface area contributed by atoms with Crippen LogP contribution in [0.2, 0.25) is 0 Å². The van der Waals surface area contributed by atoms with Crippen LogP contribution in [0.1, 0.15) is 34.1 Å². The molecule has 0 saturated carbocycles. The molecular weight excluding hydrogens is 368 g/mol. The third kappa shape index (κ3) is 3.94. The van der Waals surface area contributed by atoms with Gasteiger partial charge < -0.3 is 24.8 Å². The Morgan fingerprint density at radius 1 is 1.39 bits per heavy atom. The number of ether oxygens (including phenoxy) is 2. The second kappa shape index (κ2) is 7.98. The first-order valence-electron chi connectivity index (χ1n) is 8.95. The number of carbonyl (C=O) groups is 3. The van der Waals surface area contributed by atoms with Crippen molar-refractivity contribution in [1.82, 2.24) is 0 Å². The van der Waals surface area contributed by atoms with Gasteiger partial charge in [-0.1, -0.05) is 12.7 Å². The Hall–Kier alpha value is -2.29. The fourth-order valence-electron chi connectivity index (χ4n) is 3.20. The molecule has 6 unspecified atom stereocenters. The molecule has 0 aromatic heterocycles. The Balaban J connectivity index is 2.61. The lowest BCUT2D eigenvalue weighted by Crippen LogP contribution is -2.57. The fraction of sp³-hybridized carbons (Fsp3) is 0.550. The molecule has 0 aromatic rings. The minimum atomic E-state index is -2.34. The quantitative estimate of drug-likeness (QED) is 0.348. The van der Waals surface area contributed by atoms with Crippen molar-refractivity contribution in [2.45, 2.75) is 64.1 Å². The molecule has 0 amide bonds. The SMILES string of the molecule is C=C1C(=O)OC2C=C(C)C(O)CC(=O)C(C)(O)C(O)C(OC(=O)C(C)=CC)C12. The largest absolute Gasteiger partial charge is 0.455 e. The Morgan fingerprint density at radius 2 is 2.00 bits per heavy atom. The molecule has 1 heterocycles. The summed E-state index contributed by atoms with van der Waals surface area (Å²) in [5, 5.41) is 31.7. The molecular formula is C20H26O8. The Morgan fingerprint density at radius 3 is 2.57 bits per heavy atom. The van der Waals surface area contributed by atoms with E-state index in [1.54, 1.807) is 13.8 Å². The first kappa shape index (κ1) is 22.0. The standard InChI is InChI=1S/C20H26O8/c1-6-9(2)18(24)28-16-15-11(4)19(25)27-13(15)7-10(3)12(21)8-14(22)20(5,26)17(16)23/h6-7,12-13,15-17,21,23,26H,4,8H2,1-3,5H3. The summed E-state index contributed by atoms with van der Waals surface area (Å²) in [5.74, 6) is -3.41. The number of aliphatic hydroxyl groups is 3. The zero-order valence-corrected chi connectivity index (χ0v) is 16.3. The molecule has 0 aromatic carbocycles. The highest BCUT2D eigenvalue weighted by atomic mass is 16.6. The number of hydrogen-bond acceptors (Lipinski definition) is 8. The van der Waals surface area contributed by atoms with Gasteiger partial charge in [-0.25, -0.2) is 9.59 Å². The highest BCUT2D eigenvalue weighted by Gasteiger charge is 2.54. The van der Waals surface area contributed by atoms with Crippen molar-refractivity contribution in [3.63, 3.8) is 0 Å². The maximum Gasteiger partial charge on any atom is 0.334 e. The zero-order chi connectivity index (χ0) is 21.4. The van der Waals surface area contributed by atoms with E-state index >= 15 is 0 Å². The van der Waals surface area contributed by atoms with Gasteiger partial charge in [0.25, 0.3) is 0 Å². The van der Waals surface area contributed by atoms with Crippen LogP contribution < -0.4 is 0 Å². The number of Topliss-reactive ketones (excluding diaryl/α,β-unsaturated/α-hetero) is 1. The van der Waals surface area contributed by atoms with Crippen LogP contribution in [0.3, 0.4) is 0 Å². The zero-order valence-electron chi connectivity index (χ0n) is 16.3. The number of fused-ring (bicyclic) bond motifs is 1. The molecule has 1 aliphatic heterocycles. The number of carbonyl (C=O) groups excluding carboxylic acids is 3. The molecule has 0 bridgehead atoms. The lowest BCUT2D eigenvalue weighted by molar-refractivity contribution is -0.180. The first-order valence-corrected chi connectivity index (χ1v) is 8.95. The van der Waals surface area contributed by atoms with Gasteiger partial charge in [-0.15, -0.1) is 0 Å². The Bertz CT molecular complexity index is 760. The van der Waals surface area contributed by atoms with Crippen molar-refractivity contribution >= 4 is 17.7 Å². The van der Waals surface area contributed by atoms with E-state index in [1.807, 2.05) is 0 Å². The molecule has 0 radical (unpaired) electrons. The number of ketones is 1. The predicted molar refractivity (Wildman–Crippen MR) is 97.8 cm³/mol. The van der Waals surface area contributed by atoms with E-state index in [9.17, 15) is 29.7 Å². The van der Waals surface area contributed by atoms with Gasteiger partial charge in [-0.2, -0.15) is 0 Å².